The maximum Gasteiger partial charge on any atom is 0.295 e. The lowest BCUT2D eigenvalue weighted by molar-refractivity contribution is -0.383. The van der Waals surface area contributed by atoms with Crippen LogP contribution in [0.4, 0.5) is 5.69 Å². The lowest BCUT2D eigenvalue weighted by atomic mass is 10.0. The summed E-state index contributed by atoms with van der Waals surface area (Å²) in [5.74, 6) is 0. The molecular formula is C13H8N2O5S. The van der Waals surface area contributed by atoms with Crippen LogP contribution in [-0.4, -0.2) is 22.9 Å². The number of benzene rings is 2. The zero-order valence-corrected chi connectivity index (χ0v) is 11.2. The molecule has 0 unspecified atom stereocenters. The molecule has 21 heavy (non-hydrogen) atoms. The minimum absolute atomic E-state index is 0.142. The standard InChI is InChI=1S/C13H8N2O5S/c16-15(17)10-5-1-4-9-12(10)11(21(18,19)20)7-8-3-2-6-14-13(8)9/h1-7H,(H,18,19,20). The van der Waals surface area contributed by atoms with Gasteiger partial charge in [0, 0.05) is 23.0 Å². The molecule has 0 atom stereocenters. The van der Waals surface area contributed by atoms with Gasteiger partial charge in [0.1, 0.15) is 4.90 Å². The first-order valence-corrected chi connectivity index (χ1v) is 7.26. The summed E-state index contributed by atoms with van der Waals surface area (Å²) in [4.78, 5) is 14.1. The third kappa shape index (κ3) is 2.10. The van der Waals surface area contributed by atoms with Gasteiger partial charge in [-0.15, -0.1) is 0 Å². The van der Waals surface area contributed by atoms with Crippen LogP contribution in [0.15, 0.2) is 47.5 Å². The van der Waals surface area contributed by atoms with Gasteiger partial charge in [0.05, 0.1) is 15.8 Å². The number of nitro groups is 1. The second kappa shape index (κ2) is 4.47. The fourth-order valence-corrected chi connectivity index (χ4v) is 3.07. The Balaban J connectivity index is 2.68. The van der Waals surface area contributed by atoms with E-state index < -0.39 is 25.6 Å². The average Bonchev–Trinajstić information content (AvgIpc) is 2.44. The third-order valence-corrected chi connectivity index (χ3v) is 4.02. The zero-order valence-electron chi connectivity index (χ0n) is 10.4. The van der Waals surface area contributed by atoms with Gasteiger partial charge in [-0.25, -0.2) is 0 Å². The summed E-state index contributed by atoms with van der Waals surface area (Å²) in [5.41, 5.74) is 0.0382. The second-order valence-electron chi connectivity index (χ2n) is 4.38. The molecule has 0 saturated carbocycles. The summed E-state index contributed by atoms with van der Waals surface area (Å²) in [7, 11) is -4.61. The van der Waals surface area contributed by atoms with Gasteiger partial charge in [-0.3, -0.25) is 19.7 Å². The van der Waals surface area contributed by atoms with E-state index >= 15 is 0 Å². The number of aromatic nitrogens is 1. The summed E-state index contributed by atoms with van der Waals surface area (Å²) in [6.45, 7) is 0. The molecule has 0 aliphatic rings. The van der Waals surface area contributed by atoms with Gasteiger partial charge >= 0.3 is 0 Å². The smallest absolute Gasteiger partial charge is 0.282 e. The predicted molar refractivity (Wildman–Crippen MR) is 75.7 cm³/mol. The number of pyridine rings is 1. The van der Waals surface area contributed by atoms with Crippen molar-refractivity contribution in [3.63, 3.8) is 0 Å². The Morgan fingerprint density at radius 2 is 1.95 bits per heavy atom. The molecule has 3 aromatic rings. The fourth-order valence-electron chi connectivity index (χ4n) is 2.32. The van der Waals surface area contributed by atoms with E-state index in [1.54, 1.807) is 12.1 Å². The molecule has 106 valence electrons. The van der Waals surface area contributed by atoms with Gasteiger partial charge in [0.15, 0.2) is 0 Å². The number of nitro benzene ring substituents is 1. The van der Waals surface area contributed by atoms with Crippen molar-refractivity contribution in [3.05, 3.63) is 52.7 Å². The Morgan fingerprint density at radius 1 is 1.19 bits per heavy atom. The second-order valence-corrected chi connectivity index (χ2v) is 5.77. The number of non-ortho nitro benzene ring substituents is 1. The Morgan fingerprint density at radius 3 is 2.62 bits per heavy atom. The number of hydrogen-bond acceptors (Lipinski definition) is 5. The number of fused-ring (bicyclic) bond motifs is 3. The van der Waals surface area contributed by atoms with Gasteiger partial charge in [-0.2, -0.15) is 8.42 Å². The fraction of sp³-hybridized carbons (Fsp3) is 0. The highest BCUT2D eigenvalue weighted by molar-refractivity contribution is 7.86. The van der Waals surface area contributed by atoms with Crippen LogP contribution in [0.25, 0.3) is 21.7 Å². The van der Waals surface area contributed by atoms with Gasteiger partial charge < -0.3 is 0 Å². The molecule has 0 fully saturated rings. The highest BCUT2D eigenvalue weighted by Gasteiger charge is 2.24. The van der Waals surface area contributed by atoms with Crippen molar-refractivity contribution in [3.8, 4) is 0 Å². The van der Waals surface area contributed by atoms with Crippen molar-refractivity contribution < 1.29 is 17.9 Å². The van der Waals surface area contributed by atoms with Crippen molar-refractivity contribution >= 4 is 37.5 Å². The maximum absolute atomic E-state index is 11.6. The first-order valence-electron chi connectivity index (χ1n) is 5.82. The molecule has 0 radical (unpaired) electrons. The van der Waals surface area contributed by atoms with Crippen molar-refractivity contribution in [2.24, 2.45) is 0 Å². The molecule has 0 spiro atoms. The molecule has 0 amide bonds. The number of hydrogen-bond donors (Lipinski definition) is 1. The minimum atomic E-state index is -4.61. The largest absolute Gasteiger partial charge is 0.295 e. The van der Waals surface area contributed by atoms with Gasteiger partial charge in [-0.1, -0.05) is 18.2 Å². The molecule has 0 aliphatic heterocycles. The monoisotopic (exact) mass is 304 g/mol. The van der Waals surface area contributed by atoms with E-state index in [0.717, 1.165) is 0 Å². The molecule has 8 heteroatoms. The first kappa shape index (κ1) is 13.4. The summed E-state index contributed by atoms with van der Waals surface area (Å²) in [6.07, 6.45) is 1.51. The highest BCUT2D eigenvalue weighted by Crippen LogP contribution is 2.35. The molecule has 0 aliphatic carbocycles. The Labute approximate surface area is 118 Å². The molecule has 1 N–H and O–H groups in total. The minimum Gasteiger partial charge on any atom is -0.282 e. The third-order valence-electron chi connectivity index (χ3n) is 3.14. The van der Waals surface area contributed by atoms with Gasteiger partial charge in [0.2, 0.25) is 0 Å². The van der Waals surface area contributed by atoms with Crippen molar-refractivity contribution in [1.82, 2.24) is 4.98 Å². The predicted octanol–water partition coefficient (Wildman–Crippen LogP) is 2.54. The molecule has 1 aromatic heterocycles. The van der Waals surface area contributed by atoms with Crippen LogP contribution in [0.1, 0.15) is 0 Å². The molecule has 2 aromatic carbocycles. The van der Waals surface area contributed by atoms with Crippen LogP contribution < -0.4 is 0 Å². The van der Waals surface area contributed by atoms with E-state index in [2.05, 4.69) is 4.98 Å². The molecule has 1 heterocycles. The van der Waals surface area contributed by atoms with E-state index in [4.69, 9.17) is 0 Å². The quantitative estimate of drug-likeness (QED) is 0.337. The molecule has 3 rings (SSSR count). The molecule has 7 nitrogen and oxygen atoms in total. The van der Waals surface area contributed by atoms with Crippen LogP contribution in [0.5, 0.6) is 0 Å². The van der Waals surface area contributed by atoms with Crippen LogP contribution in [0.3, 0.4) is 0 Å². The lowest BCUT2D eigenvalue weighted by Gasteiger charge is -2.08. The maximum atomic E-state index is 11.6. The summed E-state index contributed by atoms with van der Waals surface area (Å²) < 4.78 is 32.5. The van der Waals surface area contributed by atoms with Crippen LogP contribution in [-0.2, 0) is 10.1 Å². The highest BCUT2D eigenvalue weighted by atomic mass is 32.2. The zero-order chi connectivity index (χ0) is 15.2. The first-order chi connectivity index (χ1) is 9.89. The van der Waals surface area contributed by atoms with E-state index in [1.165, 1.54) is 30.5 Å². The van der Waals surface area contributed by atoms with Crippen molar-refractivity contribution in [2.75, 3.05) is 0 Å². The number of rotatable bonds is 2. The van der Waals surface area contributed by atoms with E-state index in [-0.39, 0.29) is 5.39 Å². The summed E-state index contributed by atoms with van der Waals surface area (Å²) in [5, 5.41) is 11.8. The van der Waals surface area contributed by atoms with Crippen LogP contribution in [0, 0.1) is 10.1 Å². The summed E-state index contributed by atoms with van der Waals surface area (Å²) in [6, 6.07) is 8.59. The Kier molecular flexibility index (Phi) is 2.85. The molecular weight excluding hydrogens is 296 g/mol. The lowest BCUT2D eigenvalue weighted by Crippen LogP contribution is -2.02. The Bertz CT molecular complexity index is 998. The summed E-state index contributed by atoms with van der Waals surface area (Å²) >= 11 is 0. The van der Waals surface area contributed by atoms with Crippen molar-refractivity contribution in [1.29, 1.82) is 0 Å². The van der Waals surface area contributed by atoms with Crippen LogP contribution in [0.2, 0.25) is 0 Å². The normalized spacial score (nSPS) is 11.9. The number of nitrogens with zero attached hydrogens (tertiary/aromatic N) is 2. The van der Waals surface area contributed by atoms with Gasteiger partial charge in [0.25, 0.3) is 15.8 Å². The van der Waals surface area contributed by atoms with Gasteiger partial charge in [-0.05, 0) is 12.1 Å². The molecule has 0 bridgehead atoms. The van der Waals surface area contributed by atoms with Crippen molar-refractivity contribution in [2.45, 2.75) is 4.90 Å². The topological polar surface area (TPSA) is 110 Å². The van der Waals surface area contributed by atoms with E-state index in [0.29, 0.717) is 16.3 Å². The Hall–Kier alpha value is -2.58. The van der Waals surface area contributed by atoms with E-state index in [1.807, 2.05) is 0 Å². The average molecular weight is 304 g/mol. The van der Waals surface area contributed by atoms with Crippen LogP contribution >= 0.6 is 0 Å². The van der Waals surface area contributed by atoms with E-state index in [9.17, 15) is 23.1 Å². The molecule has 0 saturated heterocycles. The SMILES string of the molecule is O=[N+]([O-])c1cccc2c1c(S(=O)(=O)O)cc1cccnc12.